The molecule has 2 N–H and O–H groups in total. The molecule has 1 aliphatic carbocycles. The van der Waals surface area contributed by atoms with Gasteiger partial charge >= 0.3 is 0 Å². The van der Waals surface area contributed by atoms with Crippen molar-refractivity contribution in [1.82, 2.24) is 0 Å². The number of benzene rings is 1. The Labute approximate surface area is 84.1 Å². The van der Waals surface area contributed by atoms with Crippen molar-refractivity contribution >= 4 is 0 Å². The average molecular weight is 193 g/mol. The molecular weight excluding hydrogens is 177 g/mol. The van der Waals surface area contributed by atoms with Crippen LogP contribution in [0.4, 0.5) is 4.39 Å². The molecule has 0 bridgehead atoms. The lowest BCUT2D eigenvalue weighted by molar-refractivity contribution is 0.0957. The summed E-state index contributed by atoms with van der Waals surface area (Å²) in [6, 6.07) is 7.21. The topological polar surface area (TPSA) is 26.0 Å². The summed E-state index contributed by atoms with van der Waals surface area (Å²) in [4.78, 5) is 0. The van der Waals surface area contributed by atoms with Gasteiger partial charge in [-0.3, -0.25) is 0 Å². The van der Waals surface area contributed by atoms with Crippen LogP contribution in [0, 0.1) is 11.2 Å². The van der Waals surface area contributed by atoms with Crippen molar-refractivity contribution in [1.29, 1.82) is 0 Å². The second kappa shape index (κ2) is 3.06. The minimum absolute atomic E-state index is 0.0300. The van der Waals surface area contributed by atoms with E-state index in [0.29, 0.717) is 0 Å². The zero-order valence-corrected chi connectivity index (χ0v) is 8.63. The number of halogens is 1. The van der Waals surface area contributed by atoms with E-state index in [1.165, 1.54) is 6.07 Å². The number of rotatable bonds is 1. The molecule has 76 valence electrons. The smallest absolute Gasteiger partial charge is 0.126 e. The highest BCUT2D eigenvalue weighted by Gasteiger charge is 2.47. The number of hydrogen-bond donors (Lipinski definition) is 1. The molecule has 0 saturated heterocycles. The molecule has 1 fully saturated rings. The molecule has 2 rings (SSSR count). The fraction of sp³-hybridized carbons (Fsp3) is 0.500. The predicted octanol–water partition coefficient (Wildman–Crippen LogP) is 2.67. The molecule has 2 unspecified atom stereocenters. The second-order valence-corrected chi connectivity index (χ2v) is 4.74. The van der Waals surface area contributed by atoms with Gasteiger partial charge in [-0.15, -0.1) is 0 Å². The Hall–Kier alpha value is -0.890. The standard InChI is InChI=1S/C12H16FN/c1-12(2)9(7-11(12)14)8-5-3-4-6-10(8)13/h3-6,9,11H,7,14H2,1-2H3. The lowest BCUT2D eigenvalue weighted by Gasteiger charge is -2.50. The molecule has 2 atom stereocenters. The normalized spacial score (nSPS) is 29.7. The Morgan fingerprint density at radius 2 is 2.00 bits per heavy atom. The summed E-state index contributed by atoms with van der Waals surface area (Å²) in [6.07, 6.45) is 0.897. The fourth-order valence-electron chi connectivity index (χ4n) is 2.24. The Morgan fingerprint density at radius 3 is 2.50 bits per heavy atom. The van der Waals surface area contributed by atoms with Crippen molar-refractivity contribution in [2.75, 3.05) is 0 Å². The highest BCUT2D eigenvalue weighted by molar-refractivity contribution is 5.28. The van der Waals surface area contributed by atoms with Crippen LogP contribution < -0.4 is 5.73 Å². The maximum Gasteiger partial charge on any atom is 0.126 e. The maximum absolute atomic E-state index is 13.5. The van der Waals surface area contributed by atoms with Gasteiger partial charge in [-0.25, -0.2) is 4.39 Å². The van der Waals surface area contributed by atoms with Crippen molar-refractivity contribution < 1.29 is 4.39 Å². The summed E-state index contributed by atoms with van der Waals surface area (Å²) in [7, 11) is 0. The van der Waals surface area contributed by atoms with Crippen LogP contribution in [0.1, 0.15) is 31.7 Å². The average Bonchev–Trinajstić information content (AvgIpc) is 2.16. The summed E-state index contributed by atoms with van der Waals surface area (Å²) in [5.74, 6) is 0.177. The van der Waals surface area contributed by atoms with E-state index in [2.05, 4.69) is 13.8 Å². The molecule has 0 spiro atoms. The van der Waals surface area contributed by atoms with Crippen molar-refractivity contribution in [3.8, 4) is 0 Å². The Kier molecular flexibility index (Phi) is 2.11. The van der Waals surface area contributed by atoms with Gasteiger partial charge in [0.2, 0.25) is 0 Å². The van der Waals surface area contributed by atoms with E-state index in [1.807, 2.05) is 12.1 Å². The first-order chi connectivity index (χ1) is 6.53. The zero-order chi connectivity index (χ0) is 10.3. The predicted molar refractivity (Wildman–Crippen MR) is 55.5 cm³/mol. The molecule has 1 nitrogen and oxygen atoms in total. The molecule has 0 heterocycles. The van der Waals surface area contributed by atoms with Crippen LogP contribution in [-0.4, -0.2) is 6.04 Å². The van der Waals surface area contributed by atoms with E-state index in [1.54, 1.807) is 6.07 Å². The summed E-state index contributed by atoms with van der Waals surface area (Å²) in [5, 5.41) is 0. The highest BCUT2D eigenvalue weighted by Crippen LogP contribution is 2.51. The molecule has 2 heteroatoms. The zero-order valence-electron chi connectivity index (χ0n) is 8.63. The van der Waals surface area contributed by atoms with Crippen LogP contribution in [0.15, 0.2) is 24.3 Å². The van der Waals surface area contributed by atoms with E-state index in [0.717, 1.165) is 12.0 Å². The third kappa shape index (κ3) is 1.25. The largest absolute Gasteiger partial charge is 0.327 e. The van der Waals surface area contributed by atoms with E-state index in [4.69, 9.17) is 5.73 Å². The first-order valence-corrected chi connectivity index (χ1v) is 5.03. The van der Waals surface area contributed by atoms with Gasteiger partial charge in [0.15, 0.2) is 0 Å². The first-order valence-electron chi connectivity index (χ1n) is 5.03. The summed E-state index contributed by atoms with van der Waals surface area (Å²) in [6.45, 7) is 4.22. The van der Waals surface area contributed by atoms with Gasteiger partial charge in [0.25, 0.3) is 0 Å². The lowest BCUT2D eigenvalue weighted by atomic mass is 9.56. The fourth-order valence-corrected chi connectivity index (χ4v) is 2.24. The SMILES string of the molecule is CC1(C)C(N)CC1c1ccccc1F. The van der Waals surface area contributed by atoms with Gasteiger partial charge in [-0.2, -0.15) is 0 Å². The van der Waals surface area contributed by atoms with Crippen LogP contribution in [-0.2, 0) is 0 Å². The van der Waals surface area contributed by atoms with Crippen LogP contribution in [0.2, 0.25) is 0 Å². The van der Waals surface area contributed by atoms with Gasteiger partial charge in [-0.1, -0.05) is 32.0 Å². The molecule has 1 aromatic rings. The van der Waals surface area contributed by atoms with Gasteiger partial charge in [0.05, 0.1) is 0 Å². The molecule has 1 saturated carbocycles. The maximum atomic E-state index is 13.5. The van der Waals surface area contributed by atoms with Gasteiger partial charge in [0.1, 0.15) is 5.82 Å². The lowest BCUT2D eigenvalue weighted by Crippen LogP contribution is -2.53. The molecule has 1 aromatic carbocycles. The van der Waals surface area contributed by atoms with Crippen molar-refractivity contribution in [2.24, 2.45) is 11.1 Å². The van der Waals surface area contributed by atoms with E-state index < -0.39 is 0 Å². The molecule has 14 heavy (non-hydrogen) atoms. The van der Waals surface area contributed by atoms with E-state index in [-0.39, 0.29) is 23.2 Å². The Morgan fingerprint density at radius 1 is 1.36 bits per heavy atom. The Bertz CT molecular complexity index is 346. The summed E-state index contributed by atoms with van der Waals surface area (Å²) >= 11 is 0. The molecule has 1 aliphatic rings. The van der Waals surface area contributed by atoms with E-state index in [9.17, 15) is 4.39 Å². The first kappa shape index (κ1) is 9.66. The minimum Gasteiger partial charge on any atom is -0.327 e. The number of nitrogens with two attached hydrogens (primary N) is 1. The molecule has 0 radical (unpaired) electrons. The van der Waals surface area contributed by atoms with E-state index >= 15 is 0 Å². The van der Waals surface area contributed by atoms with Crippen molar-refractivity contribution in [2.45, 2.75) is 32.2 Å². The van der Waals surface area contributed by atoms with Crippen molar-refractivity contribution in [3.05, 3.63) is 35.6 Å². The highest BCUT2D eigenvalue weighted by atomic mass is 19.1. The van der Waals surface area contributed by atoms with Crippen LogP contribution >= 0.6 is 0 Å². The number of hydrogen-bond acceptors (Lipinski definition) is 1. The van der Waals surface area contributed by atoms with Crippen LogP contribution in [0.25, 0.3) is 0 Å². The molecule has 0 amide bonds. The quantitative estimate of drug-likeness (QED) is 0.729. The van der Waals surface area contributed by atoms with Crippen LogP contribution in [0.5, 0.6) is 0 Å². The molecular formula is C12H16FN. The summed E-state index contributed by atoms with van der Waals surface area (Å²) < 4.78 is 13.5. The Balaban J connectivity index is 2.30. The molecule has 0 aliphatic heterocycles. The van der Waals surface area contributed by atoms with Crippen molar-refractivity contribution in [3.63, 3.8) is 0 Å². The third-order valence-electron chi connectivity index (χ3n) is 3.62. The third-order valence-corrected chi connectivity index (χ3v) is 3.62. The monoisotopic (exact) mass is 193 g/mol. The van der Waals surface area contributed by atoms with Gasteiger partial charge < -0.3 is 5.73 Å². The van der Waals surface area contributed by atoms with Gasteiger partial charge in [-0.05, 0) is 29.4 Å². The summed E-state index contributed by atoms with van der Waals surface area (Å²) in [5.41, 5.74) is 6.76. The minimum atomic E-state index is -0.0996. The van der Waals surface area contributed by atoms with Gasteiger partial charge in [0, 0.05) is 6.04 Å². The second-order valence-electron chi connectivity index (χ2n) is 4.74. The molecule has 0 aromatic heterocycles. The van der Waals surface area contributed by atoms with Crippen LogP contribution in [0.3, 0.4) is 0 Å².